The summed E-state index contributed by atoms with van der Waals surface area (Å²) in [7, 11) is 1.48. The maximum Gasteiger partial charge on any atom is 0.257 e. The van der Waals surface area contributed by atoms with Crippen molar-refractivity contribution in [2.45, 2.75) is 0 Å². The molecule has 1 fully saturated rings. The Morgan fingerprint density at radius 1 is 1.32 bits per heavy atom. The van der Waals surface area contributed by atoms with Crippen molar-refractivity contribution in [1.82, 2.24) is 9.88 Å². The standard InChI is InChI=1S/C15H16FN3O2S/c1-21-13-3-2-11(16)10-12(13)14(20)18-5-7-19(8-6-18)15-17-4-9-22-15/h2-4,9-10H,5-8H2,1H3. The average Bonchev–Trinajstić information content (AvgIpc) is 3.09. The zero-order valence-electron chi connectivity index (χ0n) is 12.2. The van der Waals surface area contributed by atoms with Crippen molar-refractivity contribution >= 4 is 22.4 Å². The molecule has 0 N–H and O–H groups in total. The molecule has 0 saturated carbocycles. The van der Waals surface area contributed by atoms with Crippen LogP contribution in [0, 0.1) is 5.82 Å². The van der Waals surface area contributed by atoms with Crippen LogP contribution < -0.4 is 9.64 Å². The first-order valence-corrected chi connectivity index (χ1v) is 7.84. The number of thiazole rings is 1. The number of rotatable bonds is 3. The number of piperazine rings is 1. The highest BCUT2D eigenvalue weighted by Gasteiger charge is 2.25. The summed E-state index contributed by atoms with van der Waals surface area (Å²) in [6.07, 6.45) is 1.77. The third kappa shape index (κ3) is 2.89. The first-order chi connectivity index (χ1) is 10.7. The summed E-state index contributed by atoms with van der Waals surface area (Å²) in [5.74, 6) is -0.241. The van der Waals surface area contributed by atoms with Crippen molar-refractivity contribution in [3.8, 4) is 5.75 Å². The molecule has 22 heavy (non-hydrogen) atoms. The number of ether oxygens (including phenoxy) is 1. The predicted molar refractivity (Wildman–Crippen MR) is 83.2 cm³/mol. The molecule has 0 unspecified atom stereocenters. The lowest BCUT2D eigenvalue weighted by molar-refractivity contribution is 0.0743. The zero-order valence-corrected chi connectivity index (χ0v) is 13.0. The van der Waals surface area contributed by atoms with Gasteiger partial charge in [0.25, 0.3) is 5.91 Å². The molecule has 0 radical (unpaired) electrons. The number of benzene rings is 1. The van der Waals surface area contributed by atoms with Crippen molar-refractivity contribution < 1.29 is 13.9 Å². The van der Waals surface area contributed by atoms with Crippen LogP contribution in [-0.2, 0) is 0 Å². The second-order valence-corrected chi connectivity index (χ2v) is 5.81. The summed E-state index contributed by atoms with van der Waals surface area (Å²) in [6, 6.07) is 4.00. The Bertz CT molecular complexity index is 655. The van der Waals surface area contributed by atoms with E-state index in [0.29, 0.717) is 18.8 Å². The van der Waals surface area contributed by atoms with Gasteiger partial charge in [-0.1, -0.05) is 0 Å². The topological polar surface area (TPSA) is 45.7 Å². The molecular formula is C15H16FN3O2S. The number of methoxy groups -OCH3 is 1. The van der Waals surface area contributed by atoms with E-state index in [0.717, 1.165) is 18.2 Å². The van der Waals surface area contributed by atoms with Gasteiger partial charge in [0, 0.05) is 37.8 Å². The van der Waals surface area contributed by atoms with E-state index < -0.39 is 5.82 Å². The predicted octanol–water partition coefficient (Wildman–Crippen LogP) is 2.25. The highest BCUT2D eigenvalue weighted by atomic mass is 32.1. The number of anilines is 1. The van der Waals surface area contributed by atoms with Gasteiger partial charge in [-0.25, -0.2) is 9.37 Å². The van der Waals surface area contributed by atoms with Crippen LogP contribution in [0.4, 0.5) is 9.52 Å². The van der Waals surface area contributed by atoms with Gasteiger partial charge in [0.1, 0.15) is 11.6 Å². The SMILES string of the molecule is COc1ccc(F)cc1C(=O)N1CCN(c2nccs2)CC1. The van der Waals surface area contributed by atoms with E-state index in [-0.39, 0.29) is 11.5 Å². The van der Waals surface area contributed by atoms with Gasteiger partial charge in [-0.3, -0.25) is 4.79 Å². The number of hydrogen-bond donors (Lipinski definition) is 0. The number of carbonyl (C=O) groups excluding carboxylic acids is 1. The van der Waals surface area contributed by atoms with Crippen LogP contribution in [0.5, 0.6) is 5.75 Å². The summed E-state index contributed by atoms with van der Waals surface area (Å²) in [5.41, 5.74) is 0.269. The van der Waals surface area contributed by atoms with Crippen molar-refractivity contribution in [2.75, 3.05) is 38.2 Å². The van der Waals surface area contributed by atoms with Crippen molar-refractivity contribution in [3.05, 3.63) is 41.2 Å². The summed E-state index contributed by atoms with van der Waals surface area (Å²) < 4.78 is 18.6. The first-order valence-electron chi connectivity index (χ1n) is 6.96. The Labute approximate surface area is 131 Å². The Hall–Kier alpha value is -2.15. The first kappa shape index (κ1) is 14.8. The Morgan fingerprint density at radius 3 is 2.73 bits per heavy atom. The van der Waals surface area contributed by atoms with Crippen LogP contribution in [0.1, 0.15) is 10.4 Å². The normalized spacial score (nSPS) is 15.0. The van der Waals surface area contributed by atoms with Crippen LogP contribution in [0.3, 0.4) is 0 Å². The molecule has 1 amide bonds. The number of halogens is 1. The fourth-order valence-electron chi connectivity index (χ4n) is 2.49. The van der Waals surface area contributed by atoms with Gasteiger partial charge < -0.3 is 14.5 Å². The van der Waals surface area contributed by atoms with Gasteiger partial charge in [0.15, 0.2) is 5.13 Å². The van der Waals surface area contributed by atoms with Crippen molar-refractivity contribution in [1.29, 1.82) is 0 Å². The van der Waals surface area contributed by atoms with E-state index in [9.17, 15) is 9.18 Å². The minimum absolute atomic E-state index is 0.199. The molecule has 1 aromatic heterocycles. The number of carbonyl (C=O) groups is 1. The van der Waals surface area contributed by atoms with E-state index in [4.69, 9.17) is 4.74 Å². The van der Waals surface area contributed by atoms with Gasteiger partial charge in [-0.2, -0.15) is 0 Å². The highest BCUT2D eigenvalue weighted by Crippen LogP contribution is 2.23. The quantitative estimate of drug-likeness (QED) is 0.870. The van der Waals surface area contributed by atoms with E-state index in [1.807, 2.05) is 5.38 Å². The van der Waals surface area contributed by atoms with E-state index in [2.05, 4.69) is 9.88 Å². The Kier molecular flexibility index (Phi) is 4.24. The fourth-order valence-corrected chi connectivity index (χ4v) is 3.19. The molecule has 116 valence electrons. The van der Waals surface area contributed by atoms with Crippen LogP contribution in [0.25, 0.3) is 0 Å². The van der Waals surface area contributed by atoms with Crippen LogP contribution in [-0.4, -0.2) is 49.1 Å². The third-order valence-electron chi connectivity index (χ3n) is 3.65. The molecule has 0 bridgehead atoms. The summed E-state index contributed by atoms with van der Waals surface area (Å²) in [4.78, 5) is 20.7. The van der Waals surface area contributed by atoms with Crippen LogP contribution in [0.15, 0.2) is 29.8 Å². The molecule has 0 atom stereocenters. The Morgan fingerprint density at radius 2 is 2.09 bits per heavy atom. The van der Waals surface area contributed by atoms with Gasteiger partial charge in [0.2, 0.25) is 0 Å². The third-order valence-corrected chi connectivity index (χ3v) is 4.48. The van der Waals surface area contributed by atoms with E-state index >= 15 is 0 Å². The van der Waals surface area contributed by atoms with Crippen LogP contribution in [0.2, 0.25) is 0 Å². The molecule has 0 aliphatic carbocycles. The lowest BCUT2D eigenvalue weighted by Gasteiger charge is -2.34. The van der Waals surface area contributed by atoms with Gasteiger partial charge in [-0.05, 0) is 18.2 Å². The minimum Gasteiger partial charge on any atom is -0.496 e. The summed E-state index contributed by atoms with van der Waals surface area (Å²) in [5, 5.41) is 2.90. The molecule has 1 aliphatic heterocycles. The average molecular weight is 321 g/mol. The largest absolute Gasteiger partial charge is 0.496 e. The lowest BCUT2D eigenvalue weighted by Crippen LogP contribution is -2.48. The second-order valence-electron chi connectivity index (χ2n) is 4.94. The number of amides is 1. The molecular weight excluding hydrogens is 305 g/mol. The smallest absolute Gasteiger partial charge is 0.257 e. The second kappa shape index (κ2) is 6.31. The number of nitrogens with zero attached hydrogens (tertiary/aromatic N) is 3. The molecule has 0 spiro atoms. The molecule has 3 rings (SSSR count). The van der Waals surface area contributed by atoms with Crippen molar-refractivity contribution in [2.24, 2.45) is 0 Å². The molecule has 1 saturated heterocycles. The Balaban J connectivity index is 1.71. The van der Waals surface area contributed by atoms with E-state index in [1.54, 1.807) is 22.4 Å². The summed E-state index contributed by atoms with van der Waals surface area (Å²) >= 11 is 1.59. The highest BCUT2D eigenvalue weighted by molar-refractivity contribution is 7.13. The number of aromatic nitrogens is 1. The zero-order chi connectivity index (χ0) is 15.5. The molecule has 1 aliphatic rings. The molecule has 5 nitrogen and oxygen atoms in total. The monoisotopic (exact) mass is 321 g/mol. The number of hydrogen-bond acceptors (Lipinski definition) is 5. The lowest BCUT2D eigenvalue weighted by atomic mass is 10.1. The van der Waals surface area contributed by atoms with E-state index in [1.165, 1.54) is 25.3 Å². The van der Waals surface area contributed by atoms with Crippen molar-refractivity contribution in [3.63, 3.8) is 0 Å². The molecule has 7 heteroatoms. The minimum atomic E-state index is -0.439. The summed E-state index contributed by atoms with van der Waals surface area (Å²) in [6.45, 7) is 2.60. The van der Waals surface area contributed by atoms with Crippen LogP contribution >= 0.6 is 11.3 Å². The maximum atomic E-state index is 13.4. The maximum absolute atomic E-state index is 13.4. The molecule has 2 heterocycles. The van der Waals surface area contributed by atoms with Gasteiger partial charge in [0.05, 0.1) is 12.7 Å². The molecule has 2 aromatic rings. The molecule has 1 aromatic carbocycles. The van der Waals surface area contributed by atoms with Gasteiger partial charge >= 0.3 is 0 Å². The fraction of sp³-hybridized carbons (Fsp3) is 0.333. The van der Waals surface area contributed by atoms with Gasteiger partial charge in [-0.15, -0.1) is 11.3 Å².